The number of nitrogens with one attached hydrogen (secondary N) is 1. The summed E-state index contributed by atoms with van der Waals surface area (Å²) in [7, 11) is 0. The Morgan fingerprint density at radius 2 is 1.91 bits per heavy atom. The van der Waals surface area contributed by atoms with Crippen LogP contribution in [0.25, 0.3) is 0 Å². The van der Waals surface area contributed by atoms with Crippen LogP contribution in [0, 0.1) is 5.92 Å². The Hall–Kier alpha value is -1.71. The van der Waals surface area contributed by atoms with Gasteiger partial charge in [-0.1, -0.05) is 41.4 Å². The van der Waals surface area contributed by atoms with Gasteiger partial charge in [0.25, 0.3) is 0 Å². The number of carbonyl (C=O) groups is 1. The van der Waals surface area contributed by atoms with Crippen molar-refractivity contribution in [1.82, 2.24) is 5.32 Å². The molecule has 0 saturated heterocycles. The van der Waals surface area contributed by atoms with E-state index in [-0.39, 0.29) is 11.8 Å². The molecule has 0 radical (unpaired) electrons. The summed E-state index contributed by atoms with van der Waals surface area (Å²) in [6, 6.07) is 13.3. The van der Waals surface area contributed by atoms with Crippen molar-refractivity contribution in [1.29, 1.82) is 0 Å². The molecule has 0 fully saturated rings. The largest absolute Gasteiger partial charge is 0.492 e. The average molecular weight is 350 g/mol. The lowest BCUT2D eigenvalue weighted by molar-refractivity contribution is -0.126. The van der Waals surface area contributed by atoms with E-state index in [2.05, 4.69) is 5.32 Å². The second kappa shape index (κ2) is 7.24. The first-order valence-electron chi connectivity index (χ1n) is 7.55. The molecule has 0 aliphatic carbocycles. The van der Waals surface area contributed by atoms with E-state index in [1.807, 2.05) is 36.4 Å². The number of halogens is 2. The minimum absolute atomic E-state index is 0.0210. The van der Waals surface area contributed by atoms with Crippen LogP contribution in [0.5, 0.6) is 5.75 Å². The zero-order valence-corrected chi connectivity index (χ0v) is 14.0. The van der Waals surface area contributed by atoms with Crippen molar-refractivity contribution in [2.45, 2.75) is 12.8 Å². The molecule has 1 atom stereocenters. The molecule has 1 N–H and O–H groups in total. The molecule has 1 unspecified atom stereocenters. The van der Waals surface area contributed by atoms with Gasteiger partial charge in [0.2, 0.25) is 5.91 Å². The van der Waals surface area contributed by atoms with Crippen LogP contribution in [0.3, 0.4) is 0 Å². The first-order chi connectivity index (χ1) is 11.1. The van der Waals surface area contributed by atoms with Crippen molar-refractivity contribution in [3.63, 3.8) is 0 Å². The molecule has 2 aromatic rings. The zero-order chi connectivity index (χ0) is 16.2. The molecular weight excluding hydrogens is 333 g/mol. The minimum atomic E-state index is -0.146. The first kappa shape index (κ1) is 16.2. The fraction of sp³-hybridized carbons (Fsp3) is 0.278. The highest BCUT2D eigenvalue weighted by Gasteiger charge is 2.25. The Kier molecular flexibility index (Phi) is 5.09. The highest BCUT2D eigenvalue weighted by Crippen LogP contribution is 2.26. The van der Waals surface area contributed by atoms with E-state index < -0.39 is 0 Å². The molecule has 0 spiro atoms. The van der Waals surface area contributed by atoms with Gasteiger partial charge < -0.3 is 10.1 Å². The van der Waals surface area contributed by atoms with Crippen LogP contribution in [0.2, 0.25) is 10.0 Å². The van der Waals surface area contributed by atoms with Crippen LogP contribution < -0.4 is 10.1 Å². The summed E-state index contributed by atoms with van der Waals surface area (Å²) in [5, 5.41) is 4.18. The third-order valence-corrected chi connectivity index (χ3v) is 4.32. The predicted molar refractivity (Wildman–Crippen MR) is 92.3 cm³/mol. The van der Waals surface area contributed by atoms with Crippen LogP contribution in [0.4, 0.5) is 0 Å². The smallest absolute Gasteiger partial charge is 0.226 e. The van der Waals surface area contributed by atoms with Gasteiger partial charge in [0.05, 0.1) is 5.92 Å². The van der Waals surface area contributed by atoms with Crippen LogP contribution in [0.15, 0.2) is 42.5 Å². The predicted octanol–water partition coefficient (Wildman–Crippen LogP) is 3.90. The lowest BCUT2D eigenvalue weighted by atomic mass is 9.96. The summed E-state index contributed by atoms with van der Waals surface area (Å²) in [6.45, 7) is 0.972. The fourth-order valence-electron chi connectivity index (χ4n) is 2.73. The molecule has 1 aliphatic heterocycles. The second-order valence-corrected chi connectivity index (χ2v) is 6.51. The normalized spacial score (nSPS) is 16.3. The lowest BCUT2D eigenvalue weighted by Crippen LogP contribution is -2.38. The van der Waals surface area contributed by atoms with Crippen LogP contribution in [0.1, 0.15) is 11.1 Å². The van der Waals surface area contributed by atoms with Crippen LogP contribution in [-0.4, -0.2) is 19.1 Å². The van der Waals surface area contributed by atoms with E-state index in [0.717, 1.165) is 16.9 Å². The average Bonchev–Trinajstić information content (AvgIpc) is 2.53. The zero-order valence-electron chi connectivity index (χ0n) is 12.5. The Morgan fingerprint density at radius 3 is 2.70 bits per heavy atom. The maximum atomic E-state index is 12.3. The monoisotopic (exact) mass is 349 g/mol. The summed E-state index contributed by atoms with van der Waals surface area (Å²) in [5.41, 5.74) is 2.09. The van der Waals surface area contributed by atoms with E-state index >= 15 is 0 Å². The number of benzene rings is 2. The number of amides is 1. The van der Waals surface area contributed by atoms with E-state index in [1.165, 1.54) is 0 Å². The number of hydrogen-bond donors (Lipinski definition) is 1. The minimum Gasteiger partial charge on any atom is -0.492 e. The number of fused-ring (bicyclic) bond motifs is 1. The van der Waals surface area contributed by atoms with Gasteiger partial charge in [-0.25, -0.2) is 0 Å². The van der Waals surface area contributed by atoms with Crippen molar-refractivity contribution >= 4 is 29.1 Å². The SMILES string of the molecule is O=C(NCCc1cc(Cl)cc(Cl)c1)C1COc2ccccc2C1. The Labute approximate surface area is 145 Å². The Morgan fingerprint density at radius 1 is 1.17 bits per heavy atom. The molecule has 0 bridgehead atoms. The van der Waals surface area contributed by atoms with Gasteiger partial charge in [-0.2, -0.15) is 0 Å². The van der Waals surface area contributed by atoms with Crippen LogP contribution >= 0.6 is 23.2 Å². The van der Waals surface area contributed by atoms with E-state index in [1.54, 1.807) is 6.07 Å². The second-order valence-electron chi connectivity index (χ2n) is 5.64. The summed E-state index contributed by atoms with van der Waals surface area (Å²) >= 11 is 11.9. The van der Waals surface area contributed by atoms with Crippen molar-refractivity contribution in [2.75, 3.05) is 13.2 Å². The quantitative estimate of drug-likeness (QED) is 0.908. The first-order valence-corrected chi connectivity index (χ1v) is 8.31. The summed E-state index contributed by atoms with van der Waals surface area (Å²) < 4.78 is 5.66. The standard InChI is InChI=1S/C18H17Cl2NO2/c19-15-7-12(8-16(20)10-15)5-6-21-18(22)14-9-13-3-1-2-4-17(13)23-11-14/h1-4,7-8,10,14H,5-6,9,11H2,(H,21,22). The molecule has 1 amide bonds. The van der Waals surface area contributed by atoms with Gasteiger partial charge in [0.1, 0.15) is 12.4 Å². The molecule has 3 rings (SSSR count). The van der Waals surface area contributed by atoms with Crippen molar-refractivity contribution in [3.8, 4) is 5.75 Å². The number of hydrogen-bond acceptors (Lipinski definition) is 2. The van der Waals surface area contributed by atoms with Crippen LogP contribution in [-0.2, 0) is 17.6 Å². The van der Waals surface area contributed by atoms with E-state index in [9.17, 15) is 4.79 Å². The molecule has 23 heavy (non-hydrogen) atoms. The van der Waals surface area contributed by atoms with Crippen molar-refractivity contribution in [2.24, 2.45) is 5.92 Å². The van der Waals surface area contributed by atoms with Gasteiger partial charge in [-0.15, -0.1) is 0 Å². The summed E-state index contributed by atoms with van der Waals surface area (Å²) in [4.78, 5) is 12.3. The summed E-state index contributed by atoms with van der Waals surface area (Å²) in [5.74, 6) is 0.755. The highest BCUT2D eigenvalue weighted by molar-refractivity contribution is 6.34. The molecule has 5 heteroatoms. The van der Waals surface area contributed by atoms with Gasteiger partial charge in [0.15, 0.2) is 0 Å². The van der Waals surface area contributed by atoms with Crippen molar-refractivity contribution < 1.29 is 9.53 Å². The molecule has 0 aromatic heterocycles. The fourth-order valence-corrected chi connectivity index (χ4v) is 3.30. The van der Waals surface area contributed by atoms with Gasteiger partial charge in [-0.05, 0) is 48.2 Å². The molecule has 0 saturated carbocycles. The maximum Gasteiger partial charge on any atom is 0.226 e. The van der Waals surface area contributed by atoms with E-state index in [4.69, 9.17) is 27.9 Å². The molecule has 1 heterocycles. The maximum absolute atomic E-state index is 12.3. The number of carbonyl (C=O) groups excluding carboxylic acids is 1. The third kappa shape index (κ3) is 4.18. The molecule has 2 aromatic carbocycles. The summed E-state index contributed by atoms with van der Waals surface area (Å²) in [6.07, 6.45) is 1.40. The van der Waals surface area contributed by atoms with Gasteiger partial charge in [-0.3, -0.25) is 4.79 Å². The number of para-hydroxylation sites is 1. The molecule has 1 aliphatic rings. The highest BCUT2D eigenvalue weighted by atomic mass is 35.5. The number of ether oxygens (including phenoxy) is 1. The van der Waals surface area contributed by atoms with E-state index in [0.29, 0.717) is 36.0 Å². The van der Waals surface area contributed by atoms with Gasteiger partial charge >= 0.3 is 0 Å². The Balaban J connectivity index is 1.52. The molecular formula is C18H17Cl2NO2. The number of rotatable bonds is 4. The Bertz CT molecular complexity index is 698. The molecule has 120 valence electrons. The topological polar surface area (TPSA) is 38.3 Å². The van der Waals surface area contributed by atoms with Crippen molar-refractivity contribution in [3.05, 3.63) is 63.6 Å². The lowest BCUT2D eigenvalue weighted by Gasteiger charge is -2.24. The molecule has 3 nitrogen and oxygen atoms in total. The van der Waals surface area contributed by atoms with Gasteiger partial charge in [0, 0.05) is 16.6 Å². The third-order valence-electron chi connectivity index (χ3n) is 3.88.